The smallest absolute Gasteiger partial charge is 0.257 e. The third-order valence-corrected chi connectivity index (χ3v) is 3.88. The van der Waals surface area contributed by atoms with Crippen molar-refractivity contribution in [3.63, 3.8) is 0 Å². The summed E-state index contributed by atoms with van der Waals surface area (Å²) in [6.45, 7) is 4.01. The molecule has 0 aromatic heterocycles. The summed E-state index contributed by atoms with van der Waals surface area (Å²) < 4.78 is 15.9. The molecule has 27 heavy (non-hydrogen) atoms. The average molecular weight is 388 g/mol. The number of amides is 1. The molecule has 6 nitrogen and oxygen atoms in total. The van der Waals surface area contributed by atoms with Gasteiger partial charge in [-0.15, -0.1) is 0 Å². The molecule has 0 aliphatic heterocycles. The van der Waals surface area contributed by atoms with E-state index in [1.807, 2.05) is 31.2 Å². The minimum Gasteiger partial charge on any atom is -0.497 e. The van der Waals surface area contributed by atoms with Crippen LogP contribution in [0.3, 0.4) is 0 Å². The zero-order valence-corrected chi connectivity index (χ0v) is 16.3. The molecule has 0 saturated heterocycles. The van der Waals surface area contributed by atoms with Crippen LogP contribution in [0.1, 0.15) is 22.8 Å². The lowest BCUT2D eigenvalue weighted by Crippen LogP contribution is -2.38. The summed E-state index contributed by atoms with van der Waals surface area (Å²) in [5, 5.41) is 5.94. The summed E-state index contributed by atoms with van der Waals surface area (Å²) in [5.41, 5.74) is 1.50. The second-order valence-corrected chi connectivity index (χ2v) is 5.97. The maximum atomic E-state index is 12.3. The Morgan fingerprint density at radius 3 is 2.56 bits per heavy atom. The van der Waals surface area contributed by atoms with Crippen molar-refractivity contribution in [2.45, 2.75) is 13.5 Å². The SMILES string of the molecule is CCOCCOc1cccc(C(=O)NC(=S)NCc2ccc(OC)cc2)c1. The van der Waals surface area contributed by atoms with Crippen molar-refractivity contribution in [3.8, 4) is 11.5 Å². The lowest BCUT2D eigenvalue weighted by Gasteiger charge is -2.11. The molecule has 0 heterocycles. The van der Waals surface area contributed by atoms with Crippen LogP contribution in [0.5, 0.6) is 11.5 Å². The fourth-order valence-corrected chi connectivity index (χ4v) is 2.40. The summed E-state index contributed by atoms with van der Waals surface area (Å²) in [4.78, 5) is 12.3. The van der Waals surface area contributed by atoms with Crippen LogP contribution in [0.2, 0.25) is 0 Å². The predicted molar refractivity (Wildman–Crippen MR) is 108 cm³/mol. The van der Waals surface area contributed by atoms with E-state index in [0.29, 0.717) is 37.7 Å². The maximum Gasteiger partial charge on any atom is 0.257 e. The Balaban J connectivity index is 1.81. The molecule has 2 N–H and O–H groups in total. The largest absolute Gasteiger partial charge is 0.497 e. The molecule has 1 amide bonds. The highest BCUT2D eigenvalue weighted by molar-refractivity contribution is 7.80. The lowest BCUT2D eigenvalue weighted by atomic mass is 10.2. The van der Waals surface area contributed by atoms with Crippen molar-refractivity contribution in [2.75, 3.05) is 26.9 Å². The highest BCUT2D eigenvalue weighted by atomic mass is 32.1. The van der Waals surface area contributed by atoms with Gasteiger partial charge in [-0.1, -0.05) is 18.2 Å². The van der Waals surface area contributed by atoms with Gasteiger partial charge < -0.3 is 19.5 Å². The van der Waals surface area contributed by atoms with E-state index >= 15 is 0 Å². The highest BCUT2D eigenvalue weighted by Crippen LogP contribution is 2.13. The van der Waals surface area contributed by atoms with Crippen LogP contribution in [0.25, 0.3) is 0 Å². The topological polar surface area (TPSA) is 68.8 Å². The molecular formula is C20H24N2O4S. The number of carbonyl (C=O) groups is 1. The standard InChI is InChI=1S/C20H24N2O4S/c1-3-25-11-12-26-18-6-4-5-16(13-18)19(23)22-20(27)21-14-15-7-9-17(24-2)10-8-15/h4-10,13H,3,11-12,14H2,1-2H3,(H2,21,22,23,27). The van der Waals surface area contributed by atoms with Crippen molar-refractivity contribution in [1.29, 1.82) is 0 Å². The van der Waals surface area contributed by atoms with Crippen LogP contribution < -0.4 is 20.1 Å². The first-order valence-corrected chi connectivity index (χ1v) is 9.06. The van der Waals surface area contributed by atoms with Gasteiger partial charge in [-0.25, -0.2) is 0 Å². The number of ether oxygens (including phenoxy) is 3. The summed E-state index contributed by atoms with van der Waals surface area (Å²) in [5.74, 6) is 1.11. The van der Waals surface area contributed by atoms with Crippen LogP contribution >= 0.6 is 12.2 Å². The number of methoxy groups -OCH3 is 1. The molecule has 0 saturated carbocycles. The third-order valence-electron chi connectivity index (χ3n) is 3.64. The van der Waals surface area contributed by atoms with Crippen molar-refractivity contribution in [1.82, 2.24) is 10.6 Å². The van der Waals surface area contributed by atoms with Crippen molar-refractivity contribution in [3.05, 3.63) is 59.7 Å². The van der Waals surface area contributed by atoms with Gasteiger partial charge in [0.1, 0.15) is 18.1 Å². The molecule has 0 radical (unpaired) electrons. The molecule has 0 aliphatic carbocycles. The number of nitrogens with one attached hydrogen (secondary N) is 2. The molecular weight excluding hydrogens is 364 g/mol. The Morgan fingerprint density at radius 1 is 1.07 bits per heavy atom. The number of thiocarbonyl (C=S) groups is 1. The molecule has 2 aromatic carbocycles. The zero-order chi connectivity index (χ0) is 19.5. The van der Waals surface area contributed by atoms with E-state index in [9.17, 15) is 4.79 Å². The number of rotatable bonds is 9. The quantitative estimate of drug-likeness (QED) is 0.509. The van der Waals surface area contributed by atoms with Crippen molar-refractivity contribution in [2.24, 2.45) is 0 Å². The molecule has 0 spiro atoms. The van der Waals surface area contributed by atoms with Gasteiger partial charge in [0.2, 0.25) is 0 Å². The maximum absolute atomic E-state index is 12.3. The minimum absolute atomic E-state index is 0.262. The normalized spacial score (nSPS) is 10.1. The van der Waals surface area contributed by atoms with E-state index in [4.69, 9.17) is 26.4 Å². The second kappa shape index (κ2) is 11.2. The minimum atomic E-state index is -0.294. The highest BCUT2D eigenvalue weighted by Gasteiger charge is 2.09. The molecule has 2 aromatic rings. The molecule has 0 atom stereocenters. The van der Waals surface area contributed by atoms with Gasteiger partial charge in [-0.05, 0) is 55.0 Å². The third kappa shape index (κ3) is 7.24. The number of benzene rings is 2. The Bertz CT molecular complexity index is 750. The van der Waals surface area contributed by atoms with Crippen LogP contribution in [0, 0.1) is 0 Å². The predicted octanol–water partition coefficient (Wildman–Crippen LogP) is 2.92. The summed E-state index contributed by atoms with van der Waals surface area (Å²) >= 11 is 5.19. The number of hydrogen-bond donors (Lipinski definition) is 2. The van der Waals surface area contributed by atoms with Gasteiger partial charge in [0.25, 0.3) is 5.91 Å². The summed E-state index contributed by atoms with van der Waals surface area (Å²) in [7, 11) is 1.62. The first-order chi connectivity index (χ1) is 13.1. The molecule has 2 rings (SSSR count). The fourth-order valence-electron chi connectivity index (χ4n) is 2.24. The molecule has 7 heteroatoms. The zero-order valence-electron chi connectivity index (χ0n) is 15.5. The van der Waals surface area contributed by atoms with E-state index in [-0.39, 0.29) is 11.0 Å². The molecule has 144 valence electrons. The summed E-state index contributed by atoms with van der Waals surface area (Å²) in [6, 6.07) is 14.5. The van der Waals surface area contributed by atoms with Gasteiger partial charge in [0.15, 0.2) is 5.11 Å². The molecule has 0 aliphatic rings. The monoisotopic (exact) mass is 388 g/mol. The van der Waals surface area contributed by atoms with Gasteiger partial charge in [-0.3, -0.25) is 10.1 Å². The summed E-state index contributed by atoms with van der Waals surface area (Å²) in [6.07, 6.45) is 0. The van der Waals surface area contributed by atoms with E-state index < -0.39 is 0 Å². The van der Waals surface area contributed by atoms with Gasteiger partial charge in [0, 0.05) is 18.7 Å². The Kier molecular flexibility index (Phi) is 8.54. The van der Waals surface area contributed by atoms with Gasteiger partial charge in [0.05, 0.1) is 13.7 Å². The van der Waals surface area contributed by atoms with Crippen LogP contribution in [0.15, 0.2) is 48.5 Å². The van der Waals surface area contributed by atoms with E-state index in [1.165, 1.54) is 0 Å². The van der Waals surface area contributed by atoms with Crippen LogP contribution in [-0.2, 0) is 11.3 Å². The Labute approximate surface area is 164 Å². The van der Waals surface area contributed by atoms with Crippen molar-refractivity contribution < 1.29 is 19.0 Å². The lowest BCUT2D eigenvalue weighted by molar-refractivity contribution is 0.0975. The van der Waals surface area contributed by atoms with Gasteiger partial charge >= 0.3 is 0 Å². The molecule has 0 bridgehead atoms. The second-order valence-electron chi connectivity index (χ2n) is 5.56. The Hall–Kier alpha value is -2.64. The molecule has 0 fully saturated rings. The Morgan fingerprint density at radius 2 is 1.85 bits per heavy atom. The van der Waals surface area contributed by atoms with E-state index in [1.54, 1.807) is 31.4 Å². The van der Waals surface area contributed by atoms with E-state index in [0.717, 1.165) is 11.3 Å². The van der Waals surface area contributed by atoms with Crippen molar-refractivity contribution >= 4 is 23.2 Å². The first kappa shape index (κ1) is 20.7. The average Bonchev–Trinajstić information content (AvgIpc) is 2.70. The number of hydrogen-bond acceptors (Lipinski definition) is 5. The van der Waals surface area contributed by atoms with Crippen LogP contribution in [-0.4, -0.2) is 38.0 Å². The molecule has 0 unspecified atom stereocenters. The van der Waals surface area contributed by atoms with E-state index in [2.05, 4.69) is 10.6 Å². The first-order valence-electron chi connectivity index (χ1n) is 8.65. The number of carbonyl (C=O) groups excluding carboxylic acids is 1. The van der Waals surface area contributed by atoms with Gasteiger partial charge in [-0.2, -0.15) is 0 Å². The fraction of sp³-hybridized carbons (Fsp3) is 0.300. The van der Waals surface area contributed by atoms with Crippen LogP contribution in [0.4, 0.5) is 0 Å².